The van der Waals surface area contributed by atoms with Gasteiger partial charge in [0.15, 0.2) is 0 Å². The van der Waals surface area contributed by atoms with Crippen LogP contribution in [0, 0.1) is 0 Å². The van der Waals surface area contributed by atoms with Gasteiger partial charge in [-0.2, -0.15) is 0 Å². The second kappa shape index (κ2) is 7.93. The van der Waals surface area contributed by atoms with Crippen LogP contribution in [0.1, 0.15) is 30.9 Å². The predicted molar refractivity (Wildman–Crippen MR) is 127 cm³/mol. The number of nitrogens with one attached hydrogen (secondary N) is 1. The smallest absolute Gasteiger partial charge is 0.273 e. The number of urea groups is 1. The molecular weight excluding hydrogens is 400 g/mol. The van der Waals surface area contributed by atoms with Gasteiger partial charge in [0.2, 0.25) is 0 Å². The lowest BCUT2D eigenvalue weighted by molar-refractivity contribution is -0.130. The van der Waals surface area contributed by atoms with Crippen LogP contribution < -0.4 is 5.32 Å². The molecule has 0 saturated carbocycles. The van der Waals surface area contributed by atoms with Crippen LogP contribution in [0.25, 0.3) is 33.7 Å². The number of nitrogens with zero attached hydrogens (tertiary/aromatic N) is 1. The average molecular weight is 422 g/mol. The number of carbonyl (C=O) groups is 3. The minimum absolute atomic E-state index is 0.00342. The quantitative estimate of drug-likeness (QED) is 0.358. The predicted octanol–water partition coefficient (Wildman–Crippen LogP) is 5.21. The molecule has 0 unspecified atom stereocenters. The van der Waals surface area contributed by atoms with Gasteiger partial charge in [0.25, 0.3) is 11.8 Å². The number of rotatable bonds is 3. The molecular formula is C27H22N2O3. The minimum Gasteiger partial charge on any atom is -0.273 e. The molecule has 0 bridgehead atoms. The molecule has 32 heavy (non-hydrogen) atoms. The normalized spacial score (nSPS) is 16.0. The molecule has 3 aromatic rings. The highest BCUT2D eigenvalue weighted by molar-refractivity contribution is 6.29. The van der Waals surface area contributed by atoms with Crippen molar-refractivity contribution in [1.82, 2.24) is 10.2 Å². The van der Waals surface area contributed by atoms with Crippen LogP contribution in [0.4, 0.5) is 4.79 Å². The van der Waals surface area contributed by atoms with Crippen molar-refractivity contribution in [2.45, 2.75) is 19.8 Å². The first-order chi connectivity index (χ1) is 15.5. The average Bonchev–Trinajstić information content (AvgIpc) is 2.98. The number of allylic oxidation sites excluding steroid dienone is 3. The molecule has 5 rings (SSSR count). The Balaban J connectivity index is 1.58. The third-order valence-corrected chi connectivity index (χ3v) is 5.97. The Kier molecular flexibility index (Phi) is 4.94. The van der Waals surface area contributed by atoms with Crippen LogP contribution in [0.5, 0.6) is 0 Å². The molecule has 1 aliphatic heterocycles. The van der Waals surface area contributed by atoms with E-state index in [-0.39, 0.29) is 12.1 Å². The molecule has 1 fully saturated rings. The Morgan fingerprint density at radius 2 is 1.38 bits per heavy atom. The van der Waals surface area contributed by atoms with Crippen molar-refractivity contribution < 1.29 is 14.4 Å². The molecule has 1 saturated heterocycles. The van der Waals surface area contributed by atoms with Crippen molar-refractivity contribution in [3.8, 4) is 0 Å². The number of imide groups is 2. The van der Waals surface area contributed by atoms with Gasteiger partial charge in [-0.1, -0.05) is 61.9 Å². The van der Waals surface area contributed by atoms with Crippen molar-refractivity contribution in [1.29, 1.82) is 0 Å². The summed E-state index contributed by atoms with van der Waals surface area (Å²) >= 11 is 0. The van der Waals surface area contributed by atoms with Gasteiger partial charge in [-0.3, -0.25) is 19.8 Å². The van der Waals surface area contributed by atoms with Crippen LogP contribution in [-0.2, 0) is 9.59 Å². The molecule has 2 aliphatic rings. The highest BCUT2D eigenvalue weighted by Crippen LogP contribution is 2.30. The lowest BCUT2D eigenvalue weighted by Gasteiger charge is -2.26. The Morgan fingerprint density at radius 3 is 1.94 bits per heavy atom. The van der Waals surface area contributed by atoms with Crippen molar-refractivity contribution in [2.75, 3.05) is 6.54 Å². The zero-order valence-electron chi connectivity index (χ0n) is 17.7. The van der Waals surface area contributed by atoms with Crippen LogP contribution in [-0.4, -0.2) is 29.3 Å². The van der Waals surface area contributed by atoms with Gasteiger partial charge in [-0.25, -0.2) is 4.79 Å². The maximum absolute atomic E-state index is 13.0. The molecule has 0 atom stereocenters. The Hall–Kier alpha value is -3.99. The second-order valence-electron chi connectivity index (χ2n) is 8.09. The van der Waals surface area contributed by atoms with Gasteiger partial charge in [0, 0.05) is 6.54 Å². The lowest BCUT2D eigenvalue weighted by atomic mass is 9.98. The van der Waals surface area contributed by atoms with Crippen molar-refractivity contribution >= 4 is 51.5 Å². The maximum Gasteiger partial charge on any atom is 0.331 e. The molecule has 5 nitrogen and oxygen atoms in total. The van der Waals surface area contributed by atoms with E-state index in [1.807, 2.05) is 31.2 Å². The second-order valence-corrected chi connectivity index (χ2v) is 8.09. The number of hydrogen-bond donors (Lipinski definition) is 1. The van der Waals surface area contributed by atoms with E-state index in [0.29, 0.717) is 12.0 Å². The number of barbiturate groups is 1. The number of hydrogen-bond acceptors (Lipinski definition) is 3. The third-order valence-electron chi connectivity index (χ3n) is 5.97. The van der Waals surface area contributed by atoms with Gasteiger partial charge in [0.05, 0.1) is 0 Å². The highest BCUT2D eigenvalue weighted by atomic mass is 16.2. The molecule has 0 spiro atoms. The molecule has 5 heteroatoms. The van der Waals surface area contributed by atoms with E-state index in [0.717, 1.165) is 33.2 Å². The van der Waals surface area contributed by atoms with Gasteiger partial charge in [-0.15, -0.1) is 0 Å². The zero-order valence-corrected chi connectivity index (χ0v) is 17.7. The van der Waals surface area contributed by atoms with E-state index in [9.17, 15) is 14.4 Å². The van der Waals surface area contributed by atoms with Gasteiger partial charge < -0.3 is 0 Å². The van der Waals surface area contributed by atoms with Gasteiger partial charge in [-0.05, 0) is 68.9 Å². The molecule has 0 aromatic heterocycles. The topological polar surface area (TPSA) is 66.5 Å². The molecule has 158 valence electrons. The summed E-state index contributed by atoms with van der Waals surface area (Å²) in [7, 11) is 0. The highest BCUT2D eigenvalue weighted by Gasteiger charge is 2.36. The Morgan fingerprint density at radius 1 is 0.781 bits per heavy atom. The zero-order chi connectivity index (χ0) is 22.2. The molecule has 1 N–H and O–H groups in total. The number of fused-ring (bicyclic) bond motifs is 3. The van der Waals surface area contributed by atoms with E-state index in [4.69, 9.17) is 0 Å². The summed E-state index contributed by atoms with van der Waals surface area (Å²) in [5.41, 5.74) is 2.49. The van der Waals surface area contributed by atoms with E-state index >= 15 is 0 Å². The number of benzene rings is 3. The van der Waals surface area contributed by atoms with Gasteiger partial charge in [0.1, 0.15) is 5.57 Å². The Bertz CT molecular complexity index is 1320. The molecule has 3 aromatic carbocycles. The summed E-state index contributed by atoms with van der Waals surface area (Å²) < 4.78 is 0. The van der Waals surface area contributed by atoms with E-state index in [1.54, 1.807) is 12.2 Å². The molecule has 1 heterocycles. The maximum atomic E-state index is 13.0. The molecule has 4 amide bonds. The fourth-order valence-electron chi connectivity index (χ4n) is 4.22. The van der Waals surface area contributed by atoms with E-state index < -0.39 is 17.8 Å². The first-order valence-electron chi connectivity index (χ1n) is 10.8. The summed E-state index contributed by atoms with van der Waals surface area (Å²) in [5.74, 6) is -1.20. The lowest BCUT2D eigenvalue weighted by Crippen LogP contribution is -2.54. The van der Waals surface area contributed by atoms with Crippen molar-refractivity contribution in [3.63, 3.8) is 0 Å². The molecule has 1 aliphatic carbocycles. The van der Waals surface area contributed by atoms with Crippen LogP contribution in [0.2, 0.25) is 0 Å². The summed E-state index contributed by atoms with van der Waals surface area (Å²) in [6.07, 6.45) is 8.91. The summed E-state index contributed by atoms with van der Waals surface area (Å²) in [4.78, 5) is 38.8. The fraction of sp³-hybridized carbons (Fsp3) is 0.148. The number of unbranched alkanes of at least 4 members (excludes halogenated alkanes) is 1. The minimum atomic E-state index is -0.653. The standard InChI is InChI=1S/C27H22N2O3/c1-2-3-12-29-26(31)24(25(30)28-27(29)32)17-8-10-20-15-22-13-18-6-4-5-7-19(18)14-23(22)16-21(20)11-9-17/h4-11,13-16H,2-3,12H2,1H3,(H,28,30,32). The van der Waals surface area contributed by atoms with Crippen molar-refractivity contribution in [2.24, 2.45) is 0 Å². The van der Waals surface area contributed by atoms with E-state index in [1.165, 1.54) is 10.8 Å². The SMILES string of the molecule is CCCCN1C(=O)NC(=O)C(=C2C=Cc3cc4cc5ccccc5cc4cc3C=C2)C1=O. The molecule has 0 radical (unpaired) electrons. The number of carbonyl (C=O) groups excluding carboxylic acids is 3. The van der Waals surface area contributed by atoms with Crippen molar-refractivity contribution in [3.05, 3.63) is 83.0 Å². The third kappa shape index (κ3) is 3.42. The summed E-state index contributed by atoms with van der Waals surface area (Å²) in [5, 5.41) is 6.91. The first-order valence-corrected chi connectivity index (χ1v) is 10.8. The monoisotopic (exact) mass is 422 g/mol. The van der Waals surface area contributed by atoms with Crippen LogP contribution in [0.15, 0.2) is 71.8 Å². The van der Waals surface area contributed by atoms with E-state index in [2.05, 4.69) is 41.7 Å². The Labute approximate surface area is 185 Å². The summed E-state index contributed by atoms with van der Waals surface area (Å²) in [6, 6.07) is 16.2. The summed E-state index contributed by atoms with van der Waals surface area (Å²) in [6.45, 7) is 2.27. The fourth-order valence-corrected chi connectivity index (χ4v) is 4.22. The largest absolute Gasteiger partial charge is 0.331 e. The number of amides is 4. The van der Waals surface area contributed by atoms with Crippen LogP contribution in [0.3, 0.4) is 0 Å². The first kappa shape index (κ1) is 19.9. The van der Waals surface area contributed by atoms with Crippen LogP contribution >= 0.6 is 0 Å². The van der Waals surface area contributed by atoms with Gasteiger partial charge >= 0.3 is 6.03 Å².